The number of carbonyl (C=O) groups is 2. The number of rotatable bonds is 3. The molecule has 0 spiro atoms. The number of ether oxygens (including phenoxy) is 3. The molecular weight excluding hydrogens is 236 g/mol. The number of carbonyl (C=O) groups excluding carboxylic acids is 2. The Morgan fingerprint density at radius 2 is 2.06 bits per heavy atom. The predicted octanol–water partition coefficient (Wildman–Crippen LogP) is 1.47. The van der Waals surface area contributed by atoms with E-state index in [2.05, 4.69) is 0 Å². The second kappa shape index (κ2) is 5.08. The molecule has 0 saturated carbocycles. The summed E-state index contributed by atoms with van der Waals surface area (Å²) < 4.78 is 15.1. The Hall–Kier alpha value is -2.04. The van der Waals surface area contributed by atoms with Gasteiger partial charge in [-0.25, -0.2) is 0 Å². The topological polar surface area (TPSA) is 61.8 Å². The van der Waals surface area contributed by atoms with Crippen molar-refractivity contribution in [1.29, 1.82) is 0 Å². The van der Waals surface area contributed by atoms with E-state index in [1.54, 1.807) is 18.2 Å². The van der Waals surface area contributed by atoms with E-state index < -0.39 is 24.0 Å². The van der Waals surface area contributed by atoms with E-state index in [-0.39, 0.29) is 6.42 Å². The summed E-state index contributed by atoms with van der Waals surface area (Å²) in [5.41, 5.74) is 0.682. The van der Waals surface area contributed by atoms with Crippen molar-refractivity contribution in [1.82, 2.24) is 0 Å². The summed E-state index contributed by atoms with van der Waals surface area (Å²) in [7, 11) is 2.83. The molecule has 0 aliphatic carbocycles. The van der Waals surface area contributed by atoms with Crippen LogP contribution in [0.2, 0.25) is 0 Å². The van der Waals surface area contributed by atoms with E-state index in [9.17, 15) is 9.59 Å². The highest BCUT2D eigenvalue weighted by atomic mass is 16.6. The quantitative estimate of drug-likeness (QED) is 0.760. The number of esters is 2. The van der Waals surface area contributed by atoms with Crippen LogP contribution in [0, 0.1) is 5.92 Å². The van der Waals surface area contributed by atoms with Crippen LogP contribution in [0.4, 0.5) is 0 Å². The fourth-order valence-corrected chi connectivity index (χ4v) is 2.10. The van der Waals surface area contributed by atoms with E-state index >= 15 is 0 Å². The lowest BCUT2D eigenvalue weighted by Gasteiger charge is -2.18. The molecule has 1 aromatic rings. The second-order valence-electron chi connectivity index (χ2n) is 3.99. The van der Waals surface area contributed by atoms with Gasteiger partial charge in [-0.15, -0.1) is 0 Å². The van der Waals surface area contributed by atoms with Crippen LogP contribution in [0.5, 0.6) is 5.75 Å². The summed E-state index contributed by atoms with van der Waals surface area (Å²) in [5, 5.41) is 0. The normalized spacial score (nSPS) is 22.4. The molecule has 1 fully saturated rings. The molecule has 5 nitrogen and oxygen atoms in total. The second-order valence-corrected chi connectivity index (χ2v) is 3.99. The van der Waals surface area contributed by atoms with E-state index in [1.807, 2.05) is 6.07 Å². The van der Waals surface area contributed by atoms with Gasteiger partial charge in [0, 0.05) is 5.56 Å². The van der Waals surface area contributed by atoms with Crippen molar-refractivity contribution in [2.24, 2.45) is 5.92 Å². The molecule has 0 amide bonds. The van der Waals surface area contributed by atoms with Crippen LogP contribution in [-0.4, -0.2) is 26.2 Å². The molecular formula is C13H14O5. The van der Waals surface area contributed by atoms with Gasteiger partial charge in [-0.2, -0.15) is 0 Å². The van der Waals surface area contributed by atoms with Crippen molar-refractivity contribution in [2.45, 2.75) is 12.5 Å². The maximum atomic E-state index is 11.6. The Labute approximate surface area is 105 Å². The van der Waals surface area contributed by atoms with Gasteiger partial charge < -0.3 is 14.2 Å². The molecule has 1 aromatic carbocycles. The standard InChI is InChI=1S/C13H14O5/c1-16-10-6-4-3-5-8(10)12-9(13(15)17-2)7-11(14)18-12/h3-6,9,12H,7H2,1-2H3/t9-,12+/m0/s1. The van der Waals surface area contributed by atoms with Crippen molar-refractivity contribution in [3.8, 4) is 5.75 Å². The highest BCUT2D eigenvalue weighted by molar-refractivity contribution is 5.84. The van der Waals surface area contributed by atoms with Gasteiger partial charge in [0.25, 0.3) is 0 Å². The summed E-state index contributed by atoms with van der Waals surface area (Å²) in [4.78, 5) is 23.0. The first kappa shape index (κ1) is 12.4. The lowest BCUT2D eigenvalue weighted by atomic mass is 9.95. The summed E-state index contributed by atoms with van der Waals surface area (Å²) in [5.74, 6) is -0.872. The van der Waals surface area contributed by atoms with Crippen molar-refractivity contribution in [3.05, 3.63) is 29.8 Å². The molecule has 2 rings (SSSR count). The lowest BCUT2D eigenvalue weighted by Crippen LogP contribution is -2.20. The molecule has 5 heteroatoms. The van der Waals surface area contributed by atoms with E-state index in [0.29, 0.717) is 11.3 Å². The Morgan fingerprint density at radius 3 is 2.72 bits per heavy atom. The Morgan fingerprint density at radius 1 is 1.33 bits per heavy atom. The maximum absolute atomic E-state index is 11.6. The number of methoxy groups -OCH3 is 2. The zero-order chi connectivity index (χ0) is 13.1. The Kier molecular flexibility index (Phi) is 3.50. The van der Waals surface area contributed by atoms with E-state index in [1.165, 1.54) is 14.2 Å². The van der Waals surface area contributed by atoms with Gasteiger partial charge in [0.1, 0.15) is 17.8 Å². The third-order valence-electron chi connectivity index (χ3n) is 2.96. The number of cyclic esters (lactones) is 1. The van der Waals surface area contributed by atoms with Crippen molar-refractivity contribution >= 4 is 11.9 Å². The van der Waals surface area contributed by atoms with Gasteiger partial charge in [-0.05, 0) is 6.07 Å². The minimum absolute atomic E-state index is 0.0371. The van der Waals surface area contributed by atoms with Crippen LogP contribution in [-0.2, 0) is 19.1 Å². The smallest absolute Gasteiger partial charge is 0.313 e. The van der Waals surface area contributed by atoms with Gasteiger partial charge in [-0.1, -0.05) is 18.2 Å². The maximum Gasteiger partial charge on any atom is 0.313 e. The highest BCUT2D eigenvalue weighted by Crippen LogP contribution is 2.39. The minimum atomic E-state index is -0.638. The number of hydrogen-bond donors (Lipinski definition) is 0. The van der Waals surface area contributed by atoms with E-state index in [0.717, 1.165) is 0 Å². The van der Waals surface area contributed by atoms with Crippen LogP contribution >= 0.6 is 0 Å². The van der Waals surface area contributed by atoms with Crippen LogP contribution in [0.3, 0.4) is 0 Å². The average molecular weight is 250 g/mol. The van der Waals surface area contributed by atoms with Crippen molar-refractivity contribution in [3.63, 3.8) is 0 Å². The first-order chi connectivity index (χ1) is 8.67. The minimum Gasteiger partial charge on any atom is -0.496 e. The van der Waals surface area contributed by atoms with Crippen LogP contribution in [0.25, 0.3) is 0 Å². The molecule has 18 heavy (non-hydrogen) atoms. The predicted molar refractivity (Wildman–Crippen MR) is 62.0 cm³/mol. The van der Waals surface area contributed by atoms with Gasteiger partial charge in [-0.3, -0.25) is 9.59 Å². The molecule has 0 bridgehead atoms. The van der Waals surface area contributed by atoms with Gasteiger partial charge in [0.2, 0.25) is 0 Å². The number of benzene rings is 1. The molecule has 0 aromatic heterocycles. The van der Waals surface area contributed by atoms with E-state index in [4.69, 9.17) is 14.2 Å². The van der Waals surface area contributed by atoms with Crippen LogP contribution in [0.1, 0.15) is 18.1 Å². The molecule has 1 aliphatic heterocycles. The first-order valence-corrected chi connectivity index (χ1v) is 5.57. The summed E-state index contributed by atoms with van der Waals surface area (Å²) in [6, 6.07) is 7.15. The van der Waals surface area contributed by atoms with Gasteiger partial charge in [0.15, 0.2) is 0 Å². The molecule has 1 aliphatic rings. The molecule has 2 atom stereocenters. The molecule has 0 unspecified atom stereocenters. The zero-order valence-corrected chi connectivity index (χ0v) is 10.2. The summed E-state index contributed by atoms with van der Waals surface area (Å²) >= 11 is 0. The fourth-order valence-electron chi connectivity index (χ4n) is 2.10. The van der Waals surface area contributed by atoms with Crippen molar-refractivity contribution < 1.29 is 23.8 Å². The third kappa shape index (κ3) is 2.16. The first-order valence-electron chi connectivity index (χ1n) is 5.57. The monoisotopic (exact) mass is 250 g/mol. The van der Waals surface area contributed by atoms with Crippen LogP contribution in [0.15, 0.2) is 24.3 Å². The number of para-hydroxylation sites is 1. The Bertz CT molecular complexity index is 468. The van der Waals surface area contributed by atoms with Gasteiger partial charge >= 0.3 is 11.9 Å². The summed E-state index contributed by atoms with van der Waals surface area (Å²) in [6.45, 7) is 0. The average Bonchev–Trinajstić information content (AvgIpc) is 2.79. The highest BCUT2D eigenvalue weighted by Gasteiger charge is 2.42. The Balaban J connectivity index is 2.35. The number of hydrogen-bond acceptors (Lipinski definition) is 5. The molecule has 0 N–H and O–H groups in total. The van der Waals surface area contributed by atoms with Crippen molar-refractivity contribution in [2.75, 3.05) is 14.2 Å². The van der Waals surface area contributed by atoms with Crippen LogP contribution < -0.4 is 4.74 Å². The lowest BCUT2D eigenvalue weighted by molar-refractivity contribution is -0.147. The zero-order valence-electron chi connectivity index (χ0n) is 10.2. The largest absolute Gasteiger partial charge is 0.496 e. The SMILES string of the molecule is COC(=O)[C@H]1CC(=O)O[C@@H]1c1ccccc1OC. The molecule has 0 radical (unpaired) electrons. The van der Waals surface area contributed by atoms with Gasteiger partial charge in [0.05, 0.1) is 20.6 Å². The molecule has 1 saturated heterocycles. The molecule has 1 heterocycles. The molecule has 96 valence electrons. The third-order valence-corrected chi connectivity index (χ3v) is 2.96. The fraction of sp³-hybridized carbons (Fsp3) is 0.385. The summed E-state index contributed by atoms with van der Waals surface area (Å²) in [6.07, 6.45) is -0.601.